The molecule has 1 amide bonds. The predicted octanol–water partition coefficient (Wildman–Crippen LogP) is 6.44. The summed E-state index contributed by atoms with van der Waals surface area (Å²) in [4.78, 5) is 14.6. The van der Waals surface area contributed by atoms with Crippen LogP contribution in [0.2, 0.25) is 0 Å². The van der Waals surface area contributed by atoms with E-state index in [-0.39, 0.29) is 24.1 Å². The van der Waals surface area contributed by atoms with Gasteiger partial charge in [-0.2, -0.15) is 13.2 Å². The van der Waals surface area contributed by atoms with Crippen LogP contribution in [0.3, 0.4) is 0 Å². The Kier molecular flexibility index (Phi) is 6.06. The van der Waals surface area contributed by atoms with E-state index in [4.69, 9.17) is 4.42 Å². The summed E-state index contributed by atoms with van der Waals surface area (Å²) in [5.41, 5.74) is 1.19. The smallest absolute Gasteiger partial charge is 0.416 e. The summed E-state index contributed by atoms with van der Waals surface area (Å²) in [7, 11) is 0. The number of hydrogen-bond donors (Lipinski definition) is 0. The lowest BCUT2D eigenvalue weighted by molar-refractivity contribution is -0.137. The van der Waals surface area contributed by atoms with Crippen molar-refractivity contribution in [2.75, 3.05) is 0 Å². The van der Waals surface area contributed by atoms with Gasteiger partial charge in [-0.3, -0.25) is 4.79 Å². The monoisotopic (exact) mass is 415 g/mol. The Bertz CT molecular complexity index is 985. The van der Waals surface area contributed by atoms with Crippen LogP contribution in [0.25, 0.3) is 0 Å². The van der Waals surface area contributed by atoms with E-state index in [1.54, 1.807) is 12.1 Å². The lowest BCUT2D eigenvalue weighted by Crippen LogP contribution is -2.30. The molecule has 158 valence electrons. The van der Waals surface area contributed by atoms with Crippen molar-refractivity contribution in [2.45, 2.75) is 45.5 Å². The molecule has 6 heteroatoms. The zero-order valence-electron chi connectivity index (χ0n) is 17.2. The topological polar surface area (TPSA) is 33.5 Å². The third-order valence-electron chi connectivity index (χ3n) is 4.84. The molecule has 0 unspecified atom stereocenters. The van der Waals surface area contributed by atoms with Crippen LogP contribution in [0.5, 0.6) is 0 Å². The highest BCUT2D eigenvalue weighted by atomic mass is 19.4. The van der Waals surface area contributed by atoms with Gasteiger partial charge in [-0.1, -0.05) is 51.1 Å². The molecule has 1 heterocycles. The van der Waals surface area contributed by atoms with Crippen LogP contribution < -0.4 is 0 Å². The standard InChI is InChI=1S/C24H24F3NO2/c1-23(2,3)19-11-9-17(10-12-19)15-28(16-21-8-5-13-30-21)22(29)18-6-4-7-20(14-18)24(25,26)27/h4-14H,15-16H2,1-3H3. The third-order valence-corrected chi connectivity index (χ3v) is 4.84. The highest BCUT2D eigenvalue weighted by Crippen LogP contribution is 2.30. The van der Waals surface area contributed by atoms with E-state index in [9.17, 15) is 18.0 Å². The second-order valence-electron chi connectivity index (χ2n) is 8.27. The van der Waals surface area contributed by atoms with Crippen LogP contribution in [0.1, 0.15) is 53.6 Å². The fourth-order valence-electron chi connectivity index (χ4n) is 3.13. The number of amides is 1. The van der Waals surface area contributed by atoms with Crippen molar-refractivity contribution in [3.8, 4) is 0 Å². The lowest BCUT2D eigenvalue weighted by atomic mass is 9.87. The maximum Gasteiger partial charge on any atom is 0.416 e. The first-order valence-electron chi connectivity index (χ1n) is 9.62. The van der Waals surface area contributed by atoms with Crippen molar-refractivity contribution in [3.05, 3.63) is 94.9 Å². The molecule has 0 radical (unpaired) electrons. The van der Waals surface area contributed by atoms with Gasteiger partial charge in [0.05, 0.1) is 18.4 Å². The van der Waals surface area contributed by atoms with Crippen LogP contribution in [0, 0.1) is 0 Å². The van der Waals surface area contributed by atoms with E-state index in [1.165, 1.54) is 23.3 Å². The zero-order valence-corrected chi connectivity index (χ0v) is 17.2. The van der Waals surface area contributed by atoms with Gasteiger partial charge in [-0.05, 0) is 46.9 Å². The predicted molar refractivity (Wildman–Crippen MR) is 109 cm³/mol. The molecule has 0 aliphatic heterocycles. The van der Waals surface area contributed by atoms with Crippen LogP contribution in [0.15, 0.2) is 71.3 Å². The minimum Gasteiger partial charge on any atom is -0.467 e. The molecule has 0 aliphatic carbocycles. The molecule has 3 nitrogen and oxygen atoms in total. The first-order valence-corrected chi connectivity index (χ1v) is 9.62. The van der Waals surface area contributed by atoms with Gasteiger partial charge < -0.3 is 9.32 Å². The van der Waals surface area contributed by atoms with Crippen LogP contribution in [-0.4, -0.2) is 10.8 Å². The van der Waals surface area contributed by atoms with Gasteiger partial charge in [0.1, 0.15) is 5.76 Å². The number of hydrogen-bond acceptors (Lipinski definition) is 2. The largest absolute Gasteiger partial charge is 0.467 e. The number of rotatable bonds is 5. The van der Waals surface area contributed by atoms with Gasteiger partial charge in [-0.15, -0.1) is 0 Å². The van der Waals surface area contributed by atoms with E-state index >= 15 is 0 Å². The third kappa shape index (κ3) is 5.32. The van der Waals surface area contributed by atoms with Crippen molar-refractivity contribution >= 4 is 5.91 Å². The SMILES string of the molecule is CC(C)(C)c1ccc(CN(Cc2ccco2)C(=O)c2cccc(C(F)(F)F)c2)cc1. The van der Waals surface area contributed by atoms with Gasteiger partial charge in [-0.25, -0.2) is 0 Å². The molecule has 3 aromatic rings. The second kappa shape index (κ2) is 8.38. The highest BCUT2D eigenvalue weighted by Gasteiger charge is 2.31. The van der Waals surface area contributed by atoms with Gasteiger partial charge in [0.15, 0.2) is 0 Å². The zero-order chi connectivity index (χ0) is 21.9. The van der Waals surface area contributed by atoms with Crippen LogP contribution in [-0.2, 0) is 24.7 Å². The summed E-state index contributed by atoms with van der Waals surface area (Å²) in [6, 6.07) is 15.8. The summed E-state index contributed by atoms with van der Waals surface area (Å²) in [6.45, 7) is 6.75. The van der Waals surface area contributed by atoms with E-state index in [0.717, 1.165) is 23.3 Å². The van der Waals surface area contributed by atoms with E-state index < -0.39 is 17.6 Å². The van der Waals surface area contributed by atoms with Crippen LogP contribution >= 0.6 is 0 Å². The molecule has 0 saturated carbocycles. The first-order chi connectivity index (χ1) is 14.0. The second-order valence-corrected chi connectivity index (χ2v) is 8.27. The minimum absolute atomic E-state index is 0.000238. The molecule has 0 fully saturated rings. The first kappa shape index (κ1) is 21.7. The summed E-state index contributed by atoms with van der Waals surface area (Å²) in [5, 5.41) is 0. The molecular formula is C24H24F3NO2. The summed E-state index contributed by atoms with van der Waals surface area (Å²) in [5.74, 6) is 0.0686. The summed E-state index contributed by atoms with van der Waals surface area (Å²) in [6.07, 6.45) is -3.01. The Labute approximate surface area is 174 Å². The van der Waals surface area contributed by atoms with E-state index in [0.29, 0.717) is 5.76 Å². The Morgan fingerprint density at radius 1 is 0.900 bits per heavy atom. The minimum atomic E-state index is -4.51. The lowest BCUT2D eigenvalue weighted by Gasteiger charge is -2.24. The molecule has 0 saturated heterocycles. The van der Waals surface area contributed by atoms with Gasteiger partial charge >= 0.3 is 6.18 Å². The van der Waals surface area contributed by atoms with Gasteiger partial charge in [0.2, 0.25) is 0 Å². The van der Waals surface area contributed by atoms with Crippen molar-refractivity contribution in [3.63, 3.8) is 0 Å². The highest BCUT2D eigenvalue weighted by molar-refractivity contribution is 5.94. The number of benzene rings is 2. The van der Waals surface area contributed by atoms with Crippen molar-refractivity contribution in [2.24, 2.45) is 0 Å². The number of carbonyl (C=O) groups is 1. The number of furan rings is 1. The van der Waals surface area contributed by atoms with Crippen molar-refractivity contribution in [1.82, 2.24) is 4.90 Å². The van der Waals surface area contributed by atoms with Gasteiger partial charge in [0.25, 0.3) is 5.91 Å². The number of halogens is 3. The number of alkyl halides is 3. The fraction of sp³-hybridized carbons (Fsp3) is 0.292. The fourth-order valence-corrected chi connectivity index (χ4v) is 3.13. The quantitative estimate of drug-likeness (QED) is 0.481. The summed E-state index contributed by atoms with van der Waals surface area (Å²) >= 11 is 0. The molecule has 3 rings (SSSR count). The molecule has 1 aromatic heterocycles. The average molecular weight is 415 g/mol. The number of carbonyl (C=O) groups excluding carboxylic acids is 1. The molecular weight excluding hydrogens is 391 g/mol. The molecule has 0 bridgehead atoms. The average Bonchev–Trinajstić information content (AvgIpc) is 3.19. The molecule has 0 N–H and O–H groups in total. The normalized spacial score (nSPS) is 12.1. The Morgan fingerprint density at radius 2 is 1.60 bits per heavy atom. The van der Waals surface area contributed by atoms with Crippen molar-refractivity contribution < 1.29 is 22.4 Å². The Morgan fingerprint density at radius 3 is 2.17 bits per heavy atom. The van der Waals surface area contributed by atoms with Crippen LogP contribution in [0.4, 0.5) is 13.2 Å². The molecule has 0 aliphatic rings. The number of nitrogens with zero attached hydrogens (tertiary/aromatic N) is 1. The Balaban J connectivity index is 1.88. The maximum atomic E-state index is 13.1. The summed E-state index contributed by atoms with van der Waals surface area (Å²) < 4.78 is 44.6. The molecule has 30 heavy (non-hydrogen) atoms. The Hall–Kier alpha value is -3.02. The van der Waals surface area contributed by atoms with Gasteiger partial charge in [0, 0.05) is 12.1 Å². The van der Waals surface area contributed by atoms with E-state index in [2.05, 4.69) is 20.8 Å². The van der Waals surface area contributed by atoms with E-state index in [1.807, 2.05) is 24.3 Å². The molecule has 0 atom stereocenters. The van der Waals surface area contributed by atoms with Crippen molar-refractivity contribution in [1.29, 1.82) is 0 Å². The molecule has 0 spiro atoms. The maximum absolute atomic E-state index is 13.1. The molecule has 2 aromatic carbocycles.